The van der Waals surface area contributed by atoms with Gasteiger partial charge in [-0.15, -0.1) is 0 Å². The third-order valence-electron chi connectivity index (χ3n) is 3.97. The molecular formula is C15H19BrN2OS. The Kier molecular flexibility index (Phi) is 4.81. The second kappa shape index (κ2) is 6.22. The van der Waals surface area contributed by atoms with Crippen molar-refractivity contribution in [3.05, 3.63) is 33.8 Å². The summed E-state index contributed by atoms with van der Waals surface area (Å²) in [6, 6.07) is 5.65. The Morgan fingerprint density at radius 3 is 2.60 bits per heavy atom. The Hall–Kier alpha value is -0.940. The number of nitrogens with two attached hydrogens (primary N) is 1. The van der Waals surface area contributed by atoms with Crippen molar-refractivity contribution in [1.29, 1.82) is 0 Å². The van der Waals surface area contributed by atoms with Crippen LogP contribution in [0.3, 0.4) is 0 Å². The third-order valence-corrected chi connectivity index (χ3v) is 5.41. The van der Waals surface area contributed by atoms with Crippen molar-refractivity contribution in [3.8, 4) is 0 Å². The molecule has 2 rings (SSSR count). The van der Waals surface area contributed by atoms with Crippen LogP contribution in [-0.2, 0) is 0 Å². The van der Waals surface area contributed by atoms with Crippen LogP contribution >= 0.6 is 28.1 Å². The summed E-state index contributed by atoms with van der Waals surface area (Å²) in [4.78, 5) is 12.9. The summed E-state index contributed by atoms with van der Waals surface area (Å²) in [6.07, 6.45) is 4.93. The first-order valence-corrected chi connectivity index (χ1v) is 8.04. The van der Waals surface area contributed by atoms with Gasteiger partial charge in [0.2, 0.25) is 0 Å². The monoisotopic (exact) mass is 354 g/mol. The second-order valence-electron chi connectivity index (χ2n) is 5.40. The maximum absolute atomic E-state index is 12.5. The zero-order chi connectivity index (χ0) is 14.8. The zero-order valence-electron chi connectivity index (χ0n) is 11.5. The third kappa shape index (κ3) is 3.04. The highest BCUT2D eigenvalue weighted by atomic mass is 79.9. The average molecular weight is 355 g/mol. The number of nitrogens with one attached hydrogen (secondary N) is 1. The number of amides is 1. The van der Waals surface area contributed by atoms with Crippen LogP contribution in [0.25, 0.3) is 0 Å². The van der Waals surface area contributed by atoms with Gasteiger partial charge >= 0.3 is 0 Å². The number of hydrogen-bond donors (Lipinski definition) is 2. The lowest BCUT2D eigenvalue weighted by molar-refractivity contribution is 0.0907. The van der Waals surface area contributed by atoms with E-state index < -0.39 is 5.54 Å². The van der Waals surface area contributed by atoms with E-state index in [9.17, 15) is 4.79 Å². The van der Waals surface area contributed by atoms with Crippen molar-refractivity contribution in [2.45, 2.75) is 44.6 Å². The molecule has 0 saturated heterocycles. The number of carbonyl (C=O) groups excluding carboxylic acids is 1. The summed E-state index contributed by atoms with van der Waals surface area (Å²) in [6.45, 7) is 1.96. The predicted octanol–water partition coefficient (Wildman–Crippen LogP) is 3.48. The molecule has 0 radical (unpaired) electrons. The van der Waals surface area contributed by atoms with Crippen LogP contribution in [0.1, 0.15) is 48.0 Å². The molecule has 0 atom stereocenters. The Bertz CT molecular complexity index is 539. The van der Waals surface area contributed by atoms with E-state index in [0.29, 0.717) is 10.6 Å². The molecule has 108 valence electrons. The van der Waals surface area contributed by atoms with Gasteiger partial charge in [0.05, 0.1) is 16.1 Å². The molecule has 1 aliphatic rings. The maximum atomic E-state index is 12.5. The Labute approximate surface area is 133 Å². The number of hydrogen-bond acceptors (Lipinski definition) is 2. The van der Waals surface area contributed by atoms with Gasteiger partial charge in [0.25, 0.3) is 5.91 Å². The van der Waals surface area contributed by atoms with Gasteiger partial charge in [-0.1, -0.05) is 43.6 Å². The summed E-state index contributed by atoms with van der Waals surface area (Å²) < 4.78 is 0.825. The fourth-order valence-electron chi connectivity index (χ4n) is 2.70. The number of thiocarbonyl (C=S) groups is 1. The molecule has 20 heavy (non-hydrogen) atoms. The normalized spacial score (nSPS) is 17.5. The summed E-state index contributed by atoms with van der Waals surface area (Å²) >= 11 is 8.68. The minimum atomic E-state index is -0.520. The molecule has 1 fully saturated rings. The minimum absolute atomic E-state index is 0.115. The molecule has 0 spiro atoms. The standard InChI is InChI=1S/C15H19BrN2OS/c1-10-6-5-7-11(12(10)16)13(19)18-15(14(17)20)8-3-2-4-9-15/h5-7H,2-4,8-9H2,1H3,(H2,17,20)(H,18,19). The Morgan fingerprint density at radius 2 is 2.00 bits per heavy atom. The Morgan fingerprint density at radius 1 is 1.35 bits per heavy atom. The lowest BCUT2D eigenvalue weighted by Crippen LogP contribution is -2.57. The number of aryl methyl sites for hydroxylation is 1. The van der Waals surface area contributed by atoms with Gasteiger partial charge in [-0.3, -0.25) is 4.79 Å². The predicted molar refractivity (Wildman–Crippen MR) is 88.9 cm³/mol. The molecule has 0 heterocycles. The summed E-state index contributed by atoms with van der Waals surface area (Å²) in [7, 11) is 0. The van der Waals surface area contributed by atoms with Gasteiger partial charge in [-0.2, -0.15) is 0 Å². The van der Waals surface area contributed by atoms with Gasteiger partial charge in [0.1, 0.15) is 0 Å². The number of carbonyl (C=O) groups is 1. The lowest BCUT2D eigenvalue weighted by atomic mass is 9.81. The van der Waals surface area contributed by atoms with Gasteiger partial charge in [-0.05, 0) is 47.3 Å². The molecule has 0 aliphatic heterocycles. The highest BCUT2D eigenvalue weighted by molar-refractivity contribution is 9.10. The topological polar surface area (TPSA) is 55.1 Å². The van der Waals surface area contributed by atoms with E-state index in [4.69, 9.17) is 18.0 Å². The highest BCUT2D eigenvalue weighted by Crippen LogP contribution is 2.30. The molecule has 5 heteroatoms. The Balaban J connectivity index is 2.25. The smallest absolute Gasteiger partial charge is 0.253 e. The van der Waals surface area contributed by atoms with Crippen molar-refractivity contribution in [3.63, 3.8) is 0 Å². The first-order valence-electron chi connectivity index (χ1n) is 6.84. The average Bonchev–Trinajstić information content (AvgIpc) is 2.42. The molecule has 1 saturated carbocycles. The van der Waals surface area contributed by atoms with E-state index in [-0.39, 0.29) is 5.91 Å². The summed E-state index contributed by atoms with van der Waals surface area (Å²) in [5, 5.41) is 3.08. The van der Waals surface area contributed by atoms with Crippen LogP contribution in [0.5, 0.6) is 0 Å². The quantitative estimate of drug-likeness (QED) is 0.817. The van der Waals surface area contributed by atoms with Crippen molar-refractivity contribution < 1.29 is 4.79 Å². The fraction of sp³-hybridized carbons (Fsp3) is 0.467. The van der Waals surface area contributed by atoms with Crippen LogP contribution in [0.4, 0.5) is 0 Å². The van der Waals surface area contributed by atoms with Crippen molar-refractivity contribution in [1.82, 2.24) is 5.32 Å². The molecule has 1 aliphatic carbocycles. The van der Waals surface area contributed by atoms with Crippen LogP contribution in [-0.4, -0.2) is 16.4 Å². The molecule has 0 bridgehead atoms. The van der Waals surface area contributed by atoms with E-state index in [1.165, 1.54) is 6.42 Å². The van der Waals surface area contributed by atoms with Gasteiger partial charge in [-0.25, -0.2) is 0 Å². The molecule has 1 aromatic carbocycles. The van der Waals surface area contributed by atoms with Crippen molar-refractivity contribution in [2.75, 3.05) is 0 Å². The van der Waals surface area contributed by atoms with Crippen molar-refractivity contribution in [2.24, 2.45) is 5.73 Å². The SMILES string of the molecule is Cc1cccc(C(=O)NC2(C(N)=S)CCCCC2)c1Br. The largest absolute Gasteiger partial charge is 0.391 e. The zero-order valence-corrected chi connectivity index (χ0v) is 13.9. The van der Waals surface area contributed by atoms with E-state index in [1.807, 2.05) is 25.1 Å². The minimum Gasteiger partial charge on any atom is -0.391 e. The molecule has 0 aromatic heterocycles. The fourth-order valence-corrected chi connectivity index (χ4v) is 3.40. The van der Waals surface area contributed by atoms with Crippen LogP contribution in [0.15, 0.2) is 22.7 Å². The molecule has 0 unspecified atom stereocenters. The molecule has 3 nitrogen and oxygen atoms in total. The molecular weight excluding hydrogens is 336 g/mol. The molecule has 1 aromatic rings. The number of benzene rings is 1. The lowest BCUT2D eigenvalue weighted by Gasteiger charge is -2.37. The highest BCUT2D eigenvalue weighted by Gasteiger charge is 2.36. The van der Waals surface area contributed by atoms with Gasteiger partial charge in [0.15, 0.2) is 0 Å². The summed E-state index contributed by atoms with van der Waals surface area (Å²) in [5.74, 6) is -0.115. The van der Waals surface area contributed by atoms with E-state index in [1.54, 1.807) is 0 Å². The first-order chi connectivity index (χ1) is 9.46. The first kappa shape index (κ1) is 15.4. The molecule has 3 N–H and O–H groups in total. The van der Waals surface area contributed by atoms with Crippen LogP contribution < -0.4 is 11.1 Å². The van der Waals surface area contributed by atoms with Crippen LogP contribution in [0, 0.1) is 6.92 Å². The maximum Gasteiger partial charge on any atom is 0.253 e. The summed E-state index contributed by atoms with van der Waals surface area (Å²) in [5.41, 5.74) is 7.05. The second-order valence-corrected chi connectivity index (χ2v) is 6.63. The van der Waals surface area contributed by atoms with Crippen molar-refractivity contribution >= 4 is 39.0 Å². The van der Waals surface area contributed by atoms with E-state index in [2.05, 4.69) is 21.2 Å². The van der Waals surface area contributed by atoms with E-state index in [0.717, 1.165) is 35.7 Å². The number of halogens is 1. The van der Waals surface area contributed by atoms with Gasteiger partial charge < -0.3 is 11.1 Å². The number of rotatable bonds is 3. The van der Waals surface area contributed by atoms with Gasteiger partial charge in [0, 0.05) is 4.47 Å². The van der Waals surface area contributed by atoms with Crippen LogP contribution in [0.2, 0.25) is 0 Å². The molecule has 1 amide bonds. The van der Waals surface area contributed by atoms with E-state index >= 15 is 0 Å².